The van der Waals surface area contributed by atoms with Gasteiger partial charge in [-0.05, 0) is 18.6 Å². The largest absolute Gasteiger partial charge is 0.506 e. The molecule has 0 spiro atoms. The summed E-state index contributed by atoms with van der Waals surface area (Å²) in [6.45, 7) is 2.06. The molecule has 0 aliphatic carbocycles. The highest BCUT2D eigenvalue weighted by molar-refractivity contribution is 8.00. The van der Waals surface area contributed by atoms with Crippen LogP contribution in [0.25, 0.3) is 10.2 Å². The van der Waals surface area contributed by atoms with Crippen molar-refractivity contribution in [2.45, 2.75) is 18.4 Å². The Labute approximate surface area is 156 Å². The molecule has 0 saturated carbocycles. The lowest BCUT2D eigenvalue weighted by Crippen LogP contribution is -2.14. The van der Waals surface area contributed by atoms with Crippen LogP contribution in [0.15, 0.2) is 35.6 Å². The number of phenols is 1. The maximum Gasteiger partial charge on any atom is 0.271 e. The van der Waals surface area contributed by atoms with Gasteiger partial charge in [-0.3, -0.25) is 14.9 Å². The smallest absolute Gasteiger partial charge is 0.271 e. The van der Waals surface area contributed by atoms with Gasteiger partial charge < -0.3 is 10.4 Å². The van der Waals surface area contributed by atoms with E-state index in [-0.39, 0.29) is 22.9 Å². The van der Waals surface area contributed by atoms with E-state index >= 15 is 0 Å². The molecule has 0 aliphatic rings. The van der Waals surface area contributed by atoms with E-state index in [1.54, 1.807) is 11.3 Å². The van der Waals surface area contributed by atoms with Gasteiger partial charge in [0.05, 0.1) is 16.4 Å². The molecule has 2 aromatic heterocycles. The van der Waals surface area contributed by atoms with Crippen molar-refractivity contribution >= 4 is 50.6 Å². The van der Waals surface area contributed by atoms with Crippen molar-refractivity contribution in [1.29, 1.82) is 0 Å². The molecule has 0 radical (unpaired) electrons. The molecule has 10 heteroatoms. The molecule has 0 unspecified atom stereocenters. The van der Waals surface area contributed by atoms with E-state index in [4.69, 9.17) is 0 Å². The number of nitro groups is 1. The van der Waals surface area contributed by atoms with Crippen LogP contribution >= 0.6 is 23.1 Å². The number of nitrogens with one attached hydrogen (secondary N) is 1. The summed E-state index contributed by atoms with van der Waals surface area (Å²) in [6.07, 6.45) is 2.36. The van der Waals surface area contributed by atoms with E-state index < -0.39 is 10.8 Å². The van der Waals surface area contributed by atoms with Gasteiger partial charge in [0.2, 0.25) is 5.91 Å². The second-order valence-electron chi connectivity index (χ2n) is 5.26. The van der Waals surface area contributed by atoms with Crippen LogP contribution in [0.5, 0.6) is 5.75 Å². The number of thioether (sulfide) groups is 1. The molecule has 3 aromatic rings. The number of nitro benzene ring substituents is 1. The van der Waals surface area contributed by atoms with E-state index in [1.165, 1.54) is 35.1 Å². The fraction of sp³-hybridized carbons (Fsp3) is 0.188. The van der Waals surface area contributed by atoms with Gasteiger partial charge in [0.1, 0.15) is 21.9 Å². The molecule has 26 heavy (non-hydrogen) atoms. The number of aryl methyl sites for hydroxylation is 1. The minimum Gasteiger partial charge on any atom is -0.506 e. The van der Waals surface area contributed by atoms with Crippen molar-refractivity contribution in [2.24, 2.45) is 0 Å². The topological polar surface area (TPSA) is 118 Å². The fourth-order valence-corrected chi connectivity index (χ4v) is 4.00. The highest BCUT2D eigenvalue weighted by Crippen LogP contribution is 2.32. The number of aromatic hydroxyl groups is 1. The van der Waals surface area contributed by atoms with Crippen molar-refractivity contribution in [2.75, 3.05) is 11.1 Å². The van der Waals surface area contributed by atoms with Crippen LogP contribution in [0.2, 0.25) is 0 Å². The molecule has 1 amide bonds. The summed E-state index contributed by atoms with van der Waals surface area (Å²) in [5.41, 5.74) is -0.213. The minimum atomic E-state index is -0.594. The number of benzene rings is 1. The summed E-state index contributed by atoms with van der Waals surface area (Å²) in [6, 6.07) is 5.48. The van der Waals surface area contributed by atoms with Gasteiger partial charge in [0.15, 0.2) is 0 Å². The average Bonchev–Trinajstić information content (AvgIpc) is 3.05. The fourth-order valence-electron chi connectivity index (χ4n) is 2.23. The number of carbonyl (C=O) groups excluding carboxylic acids is 1. The third-order valence-corrected chi connectivity index (χ3v) is 5.69. The number of aromatic nitrogens is 2. The van der Waals surface area contributed by atoms with Gasteiger partial charge in [-0.2, -0.15) is 0 Å². The van der Waals surface area contributed by atoms with Gasteiger partial charge in [-0.15, -0.1) is 11.3 Å². The molecule has 0 bridgehead atoms. The predicted octanol–water partition coefficient (Wildman–Crippen LogP) is 3.60. The number of phenolic OH excluding ortho intramolecular Hbond substituents is 1. The Morgan fingerprint density at radius 1 is 1.38 bits per heavy atom. The third-order valence-electron chi connectivity index (χ3n) is 3.50. The van der Waals surface area contributed by atoms with Crippen molar-refractivity contribution < 1.29 is 14.8 Å². The first-order valence-corrected chi connectivity index (χ1v) is 9.41. The third kappa shape index (κ3) is 3.92. The number of rotatable bonds is 6. The second-order valence-corrected chi connectivity index (χ2v) is 7.34. The maximum absolute atomic E-state index is 12.2. The lowest BCUT2D eigenvalue weighted by atomic mass is 10.2. The van der Waals surface area contributed by atoms with E-state index in [0.29, 0.717) is 5.03 Å². The van der Waals surface area contributed by atoms with Crippen molar-refractivity contribution in [1.82, 2.24) is 9.97 Å². The Morgan fingerprint density at radius 2 is 2.19 bits per heavy atom. The average molecular weight is 390 g/mol. The molecular formula is C16H14N4O4S2. The number of carbonyl (C=O) groups is 1. The first-order valence-electron chi connectivity index (χ1n) is 7.61. The number of hydrogen-bond acceptors (Lipinski definition) is 8. The molecule has 3 rings (SSSR count). The van der Waals surface area contributed by atoms with Crippen LogP contribution in [-0.4, -0.2) is 31.7 Å². The van der Waals surface area contributed by atoms with Crippen LogP contribution in [-0.2, 0) is 11.2 Å². The summed E-state index contributed by atoms with van der Waals surface area (Å²) in [5.74, 6) is -0.585. The first-order chi connectivity index (χ1) is 12.5. The lowest BCUT2D eigenvalue weighted by Gasteiger charge is -2.07. The van der Waals surface area contributed by atoms with E-state index in [2.05, 4.69) is 22.2 Å². The van der Waals surface area contributed by atoms with E-state index in [1.807, 2.05) is 6.07 Å². The number of amides is 1. The highest BCUT2D eigenvalue weighted by atomic mass is 32.2. The molecule has 0 aliphatic heterocycles. The highest BCUT2D eigenvalue weighted by Gasteiger charge is 2.14. The summed E-state index contributed by atoms with van der Waals surface area (Å²) >= 11 is 2.84. The molecule has 8 nitrogen and oxygen atoms in total. The molecule has 1 aromatic carbocycles. The van der Waals surface area contributed by atoms with Gasteiger partial charge in [0.25, 0.3) is 5.69 Å². The number of fused-ring (bicyclic) bond motifs is 1. The Morgan fingerprint density at radius 3 is 2.92 bits per heavy atom. The first kappa shape index (κ1) is 18.1. The summed E-state index contributed by atoms with van der Waals surface area (Å²) < 4.78 is 0. The van der Waals surface area contributed by atoms with Crippen LogP contribution in [0.1, 0.15) is 11.8 Å². The zero-order chi connectivity index (χ0) is 18.7. The quantitative estimate of drug-likeness (QED) is 0.217. The number of thiophene rings is 1. The van der Waals surface area contributed by atoms with Gasteiger partial charge in [-0.25, -0.2) is 9.97 Å². The molecule has 134 valence electrons. The monoisotopic (exact) mass is 390 g/mol. The van der Waals surface area contributed by atoms with E-state index in [9.17, 15) is 20.0 Å². The predicted molar refractivity (Wildman–Crippen MR) is 101 cm³/mol. The zero-order valence-electron chi connectivity index (χ0n) is 13.6. The Balaban J connectivity index is 1.71. The molecule has 0 fully saturated rings. The molecule has 0 atom stereocenters. The second kappa shape index (κ2) is 7.67. The Bertz CT molecular complexity index is 990. The number of nitrogens with zero attached hydrogens (tertiary/aromatic N) is 3. The van der Waals surface area contributed by atoms with Crippen molar-refractivity contribution in [3.8, 4) is 5.75 Å². The molecule has 0 saturated heterocycles. The van der Waals surface area contributed by atoms with Gasteiger partial charge in [-0.1, -0.05) is 18.7 Å². The van der Waals surface area contributed by atoms with Crippen LogP contribution in [0.4, 0.5) is 11.4 Å². The molecule has 2 heterocycles. The van der Waals surface area contributed by atoms with Gasteiger partial charge in [0, 0.05) is 22.4 Å². The molecule has 2 N–H and O–H groups in total. The zero-order valence-corrected chi connectivity index (χ0v) is 15.3. The van der Waals surface area contributed by atoms with Crippen molar-refractivity contribution in [3.63, 3.8) is 0 Å². The SMILES string of the molecule is CCc1cc2c(SCC(=O)Nc3cc([N+](=O)[O-])ccc3O)ncnc2s1. The minimum absolute atomic E-state index is 0.00133. The summed E-state index contributed by atoms with van der Waals surface area (Å²) in [4.78, 5) is 32.9. The Kier molecular flexibility index (Phi) is 5.33. The standard InChI is InChI=1S/C16H14N4O4S2/c1-2-10-6-11-15(17-8-18-16(11)26-10)25-7-14(22)19-12-5-9(20(23)24)3-4-13(12)21/h3-6,8,21H,2,7H2,1H3,(H,19,22). The summed E-state index contributed by atoms with van der Waals surface area (Å²) in [7, 11) is 0. The van der Waals surface area contributed by atoms with Gasteiger partial charge >= 0.3 is 0 Å². The van der Waals surface area contributed by atoms with Crippen LogP contribution < -0.4 is 5.32 Å². The summed E-state index contributed by atoms with van der Waals surface area (Å²) in [5, 5.41) is 24.7. The lowest BCUT2D eigenvalue weighted by molar-refractivity contribution is -0.384. The number of anilines is 1. The van der Waals surface area contributed by atoms with Crippen LogP contribution in [0.3, 0.4) is 0 Å². The van der Waals surface area contributed by atoms with Crippen molar-refractivity contribution in [3.05, 3.63) is 45.6 Å². The number of hydrogen-bond donors (Lipinski definition) is 2. The normalized spacial score (nSPS) is 10.8. The van der Waals surface area contributed by atoms with Crippen LogP contribution in [0, 0.1) is 10.1 Å². The maximum atomic E-state index is 12.2. The number of non-ortho nitro benzene ring substituents is 1. The Hall–Kier alpha value is -2.72. The molecular weight excluding hydrogens is 376 g/mol. The van der Waals surface area contributed by atoms with E-state index in [0.717, 1.165) is 22.7 Å².